The van der Waals surface area contributed by atoms with Gasteiger partial charge in [0.15, 0.2) is 11.8 Å². The fourth-order valence-corrected chi connectivity index (χ4v) is 2.18. The lowest BCUT2D eigenvalue weighted by atomic mass is 10.2. The van der Waals surface area contributed by atoms with Crippen LogP contribution in [0.4, 0.5) is 0 Å². The summed E-state index contributed by atoms with van der Waals surface area (Å²) in [5, 5.41) is 14.6. The van der Waals surface area contributed by atoms with Gasteiger partial charge in [-0.1, -0.05) is 12.8 Å². The molecule has 1 aliphatic carbocycles. The zero-order valence-corrected chi connectivity index (χ0v) is 13.9. The van der Waals surface area contributed by atoms with Gasteiger partial charge >= 0.3 is 0 Å². The summed E-state index contributed by atoms with van der Waals surface area (Å²) in [5.41, 5.74) is 0. The third kappa shape index (κ3) is 4.96. The van der Waals surface area contributed by atoms with Gasteiger partial charge in [0, 0.05) is 19.6 Å². The molecular formula is C12H23IN6. The molecule has 1 fully saturated rings. The summed E-state index contributed by atoms with van der Waals surface area (Å²) in [6, 6.07) is 0.572. The van der Waals surface area contributed by atoms with Gasteiger partial charge in [-0.3, -0.25) is 0 Å². The van der Waals surface area contributed by atoms with Crippen molar-refractivity contribution in [2.45, 2.75) is 45.2 Å². The number of nitrogens with zero attached hydrogens (tertiary/aromatic N) is 4. The van der Waals surface area contributed by atoms with Crippen molar-refractivity contribution in [1.82, 2.24) is 25.4 Å². The molecule has 108 valence electrons. The largest absolute Gasteiger partial charge is 0.357 e. The number of aryl methyl sites for hydroxylation is 1. The van der Waals surface area contributed by atoms with E-state index in [9.17, 15) is 0 Å². The first kappa shape index (κ1) is 16.2. The standard InChI is InChI=1S/C12H22N6.HI/c1-3-13-12(16-10-6-4-5-7-10)14-8-11-17-15-9-18(11)2;/h9-10H,3-8H2,1-2H3,(H2,13,14,16);1H. The Labute approximate surface area is 131 Å². The van der Waals surface area contributed by atoms with Crippen LogP contribution in [0.2, 0.25) is 0 Å². The number of hydrogen-bond acceptors (Lipinski definition) is 3. The maximum absolute atomic E-state index is 4.55. The highest BCUT2D eigenvalue weighted by atomic mass is 127. The molecule has 2 N–H and O–H groups in total. The number of guanidine groups is 1. The monoisotopic (exact) mass is 378 g/mol. The Balaban J connectivity index is 0.00000180. The topological polar surface area (TPSA) is 67.1 Å². The van der Waals surface area contributed by atoms with E-state index >= 15 is 0 Å². The van der Waals surface area contributed by atoms with Crippen LogP contribution >= 0.6 is 24.0 Å². The molecule has 6 nitrogen and oxygen atoms in total. The second-order valence-electron chi connectivity index (χ2n) is 4.68. The van der Waals surface area contributed by atoms with Crippen molar-refractivity contribution in [2.75, 3.05) is 6.54 Å². The molecule has 0 unspecified atom stereocenters. The Morgan fingerprint density at radius 1 is 1.47 bits per heavy atom. The van der Waals surface area contributed by atoms with E-state index in [4.69, 9.17) is 0 Å². The molecule has 1 heterocycles. The van der Waals surface area contributed by atoms with Crippen LogP contribution in [0.5, 0.6) is 0 Å². The van der Waals surface area contributed by atoms with Gasteiger partial charge < -0.3 is 15.2 Å². The third-order valence-electron chi connectivity index (χ3n) is 3.22. The molecule has 7 heteroatoms. The van der Waals surface area contributed by atoms with E-state index in [1.54, 1.807) is 6.33 Å². The first-order valence-electron chi connectivity index (χ1n) is 6.67. The van der Waals surface area contributed by atoms with E-state index in [0.717, 1.165) is 18.3 Å². The zero-order valence-electron chi connectivity index (χ0n) is 11.6. The highest BCUT2D eigenvalue weighted by Gasteiger charge is 2.15. The molecule has 1 aliphatic rings. The van der Waals surface area contributed by atoms with Crippen LogP contribution in [0.25, 0.3) is 0 Å². The Hall–Kier alpha value is -0.860. The van der Waals surface area contributed by atoms with Crippen molar-refractivity contribution >= 4 is 29.9 Å². The molecule has 0 bridgehead atoms. The SMILES string of the molecule is CCNC(=NCc1nncn1C)NC1CCCC1.I. The second kappa shape index (κ2) is 8.34. The van der Waals surface area contributed by atoms with E-state index in [1.807, 2.05) is 11.6 Å². The Morgan fingerprint density at radius 2 is 2.21 bits per heavy atom. The van der Waals surface area contributed by atoms with Crippen LogP contribution in [-0.2, 0) is 13.6 Å². The molecule has 0 radical (unpaired) electrons. The van der Waals surface area contributed by atoms with Gasteiger partial charge in [-0.2, -0.15) is 0 Å². The second-order valence-corrected chi connectivity index (χ2v) is 4.68. The Bertz CT molecular complexity index is 397. The van der Waals surface area contributed by atoms with Crippen molar-refractivity contribution in [3.63, 3.8) is 0 Å². The van der Waals surface area contributed by atoms with Gasteiger partial charge in [0.2, 0.25) is 0 Å². The van der Waals surface area contributed by atoms with Gasteiger partial charge in [-0.05, 0) is 19.8 Å². The van der Waals surface area contributed by atoms with Crippen molar-refractivity contribution in [3.8, 4) is 0 Å². The molecule has 0 aliphatic heterocycles. The van der Waals surface area contributed by atoms with Gasteiger partial charge in [-0.25, -0.2) is 4.99 Å². The summed E-state index contributed by atoms with van der Waals surface area (Å²) in [6.45, 7) is 3.50. The van der Waals surface area contributed by atoms with Gasteiger partial charge in [0.1, 0.15) is 12.9 Å². The quantitative estimate of drug-likeness (QED) is 0.473. The molecule has 0 spiro atoms. The first-order chi connectivity index (χ1) is 8.79. The van der Waals surface area contributed by atoms with E-state index in [-0.39, 0.29) is 24.0 Å². The maximum atomic E-state index is 4.55. The Kier molecular flexibility index (Phi) is 7.11. The number of aromatic nitrogens is 3. The summed E-state index contributed by atoms with van der Waals surface area (Å²) in [7, 11) is 1.93. The van der Waals surface area contributed by atoms with Crippen LogP contribution in [0, 0.1) is 0 Å². The number of nitrogens with one attached hydrogen (secondary N) is 2. The van der Waals surface area contributed by atoms with Gasteiger partial charge in [-0.15, -0.1) is 34.2 Å². The molecule has 0 amide bonds. The molecule has 0 aromatic carbocycles. The predicted molar refractivity (Wildman–Crippen MR) is 86.6 cm³/mol. The minimum Gasteiger partial charge on any atom is -0.357 e. The lowest BCUT2D eigenvalue weighted by Crippen LogP contribution is -2.42. The van der Waals surface area contributed by atoms with Crippen LogP contribution in [0.3, 0.4) is 0 Å². The molecule has 1 aromatic rings. The zero-order chi connectivity index (χ0) is 12.8. The molecule has 19 heavy (non-hydrogen) atoms. The maximum Gasteiger partial charge on any atom is 0.191 e. The fraction of sp³-hybridized carbons (Fsp3) is 0.750. The van der Waals surface area contributed by atoms with Crippen LogP contribution in [0.1, 0.15) is 38.4 Å². The van der Waals surface area contributed by atoms with Gasteiger partial charge in [0.05, 0.1) is 0 Å². The molecular weight excluding hydrogens is 355 g/mol. The number of rotatable bonds is 4. The van der Waals surface area contributed by atoms with E-state index < -0.39 is 0 Å². The third-order valence-corrected chi connectivity index (χ3v) is 3.22. The Morgan fingerprint density at radius 3 is 2.79 bits per heavy atom. The average molecular weight is 378 g/mol. The minimum absolute atomic E-state index is 0. The van der Waals surface area contributed by atoms with E-state index in [2.05, 4.69) is 32.7 Å². The van der Waals surface area contributed by atoms with Crippen molar-refractivity contribution in [1.29, 1.82) is 0 Å². The van der Waals surface area contributed by atoms with E-state index in [0.29, 0.717) is 12.6 Å². The smallest absolute Gasteiger partial charge is 0.191 e. The normalized spacial score (nSPS) is 16.2. The number of halogens is 1. The summed E-state index contributed by atoms with van der Waals surface area (Å²) in [4.78, 5) is 4.55. The molecule has 1 aromatic heterocycles. The predicted octanol–water partition coefficient (Wildman–Crippen LogP) is 1.43. The minimum atomic E-state index is 0. The number of aliphatic imine (C=N–C) groups is 1. The van der Waals surface area contributed by atoms with Crippen LogP contribution < -0.4 is 10.6 Å². The fourth-order valence-electron chi connectivity index (χ4n) is 2.18. The van der Waals surface area contributed by atoms with Crippen LogP contribution in [0.15, 0.2) is 11.3 Å². The lowest BCUT2D eigenvalue weighted by Gasteiger charge is -2.16. The van der Waals surface area contributed by atoms with Gasteiger partial charge in [0.25, 0.3) is 0 Å². The van der Waals surface area contributed by atoms with Crippen molar-refractivity contribution in [3.05, 3.63) is 12.2 Å². The average Bonchev–Trinajstić information content (AvgIpc) is 2.98. The molecule has 0 saturated heterocycles. The summed E-state index contributed by atoms with van der Waals surface area (Å²) >= 11 is 0. The van der Waals surface area contributed by atoms with Crippen molar-refractivity contribution < 1.29 is 0 Å². The summed E-state index contributed by atoms with van der Waals surface area (Å²) in [6.07, 6.45) is 6.83. The highest BCUT2D eigenvalue weighted by Crippen LogP contribution is 2.17. The lowest BCUT2D eigenvalue weighted by molar-refractivity contribution is 0.612. The van der Waals surface area contributed by atoms with E-state index in [1.165, 1.54) is 25.7 Å². The molecule has 0 atom stereocenters. The summed E-state index contributed by atoms with van der Waals surface area (Å²) in [5.74, 6) is 1.76. The first-order valence-corrected chi connectivity index (χ1v) is 6.67. The summed E-state index contributed by atoms with van der Waals surface area (Å²) < 4.78 is 1.89. The molecule has 2 rings (SSSR count). The highest BCUT2D eigenvalue weighted by molar-refractivity contribution is 14.0. The van der Waals surface area contributed by atoms with Crippen molar-refractivity contribution in [2.24, 2.45) is 12.0 Å². The molecule has 1 saturated carbocycles. The van der Waals surface area contributed by atoms with Crippen LogP contribution in [-0.4, -0.2) is 33.3 Å². The number of hydrogen-bond donors (Lipinski definition) is 2.